The van der Waals surface area contributed by atoms with Gasteiger partial charge in [-0.15, -0.1) is 0 Å². The van der Waals surface area contributed by atoms with Crippen LogP contribution < -0.4 is 0 Å². The Labute approximate surface area is 129 Å². The lowest BCUT2D eigenvalue weighted by atomic mass is 10.0. The van der Waals surface area contributed by atoms with Crippen LogP contribution in [-0.2, 0) is 35.4 Å². The number of aromatic nitrogens is 4. The zero-order chi connectivity index (χ0) is 15.9. The first kappa shape index (κ1) is 15.2. The molecule has 0 amide bonds. The highest BCUT2D eigenvalue weighted by Crippen LogP contribution is 2.30. The number of hydrogen-bond acceptors (Lipinski definition) is 5. The van der Waals surface area contributed by atoms with Gasteiger partial charge in [-0.25, -0.2) is 18.4 Å². The van der Waals surface area contributed by atoms with Gasteiger partial charge in [-0.1, -0.05) is 0 Å². The Bertz CT molecular complexity index is 779. The summed E-state index contributed by atoms with van der Waals surface area (Å²) >= 11 is 0. The fourth-order valence-electron chi connectivity index (χ4n) is 2.87. The average Bonchev–Trinajstić information content (AvgIpc) is 3.06. The minimum Gasteiger partial charge on any atom is -0.384 e. The third-order valence-corrected chi connectivity index (χ3v) is 5.55. The van der Waals surface area contributed by atoms with Gasteiger partial charge in [-0.05, 0) is 0 Å². The van der Waals surface area contributed by atoms with Crippen molar-refractivity contribution < 1.29 is 13.2 Å². The van der Waals surface area contributed by atoms with Crippen LogP contribution in [0.4, 0.5) is 0 Å². The van der Waals surface area contributed by atoms with Gasteiger partial charge >= 0.3 is 0 Å². The second-order valence-corrected chi connectivity index (χ2v) is 7.40. The summed E-state index contributed by atoms with van der Waals surface area (Å²) < 4.78 is 35.7. The summed E-state index contributed by atoms with van der Waals surface area (Å²) in [4.78, 5) is 8.30. The summed E-state index contributed by atoms with van der Waals surface area (Å²) in [5.74, 6) is -0.0419. The Morgan fingerprint density at radius 2 is 2.09 bits per heavy atom. The van der Waals surface area contributed by atoms with E-state index in [0.717, 1.165) is 11.4 Å². The number of fused-ring (bicyclic) bond motifs is 1. The lowest BCUT2D eigenvalue weighted by Crippen LogP contribution is -2.40. The molecule has 9 heteroatoms. The molecule has 22 heavy (non-hydrogen) atoms. The van der Waals surface area contributed by atoms with E-state index in [0.29, 0.717) is 13.2 Å². The fourth-order valence-corrected chi connectivity index (χ4v) is 4.28. The van der Waals surface area contributed by atoms with Crippen LogP contribution in [0.1, 0.15) is 17.3 Å². The molecule has 0 unspecified atom stereocenters. The molecule has 1 aliphatic rings. The molecule has 2 aromatic heterocycles. The predicted octanol–water partition coefficient (Wildman–Crippen LogP) is 0.0881. The number of sulfonamides is 1. The Morgan fingerprint density at radius 3 is 2.73 bits per heavy atom. The number of hydrogen-bond donors (Lipinski definition) is 0. The average molecular weight is 325 g/mol. The van der Waals surface area contributed by atoms with Gasteiger partial charge < -0.3 is 13.9 Å². The summed E-state index contributed by atoms with van der Waals surface area (Å²) in [6.45, 7) is 1.06. The Morgan fingerprint density at radius 1 is 1.32 bits per heavy atom. The Kier molecular flexibility index (Phi) is 3.79. The molecule has 0 spiro atoms. The first-order valence-electron chi connectivity index (χ1n) is 6.90. The second kappa shape index (κ2) is 5.49. The van der Waals surface area contributed by atoms with Gasteiger partial charge in [0.25, 0.3) is 10.0 Å². The summed E-state index contributed by atoms with van der Waals surface area (Å²) in [5, 5.41) is 0.0607. The van der Waals surface area contributed by atoms with E-state index in [2.05, 4.69) is 9.97 Å². The van der Waals surface area contributed by atoms with Gasteiger partial charge in [-0.2, -0.15) is 4.31 Å². The highest BCUT2D eigenvalue weighted by molar-refractivity contribution is 7.89. The molecule has 0 saturated heterocycles. The largest absolute Gasteiger partial charge is 0.384 e. The van der Waals surface area contributed by atoms with Gasteiger partial charge in [0.05, 0.1) is 31.5 Å². The normalized spacial score (nSPS) is 19.3. The van der Waals surface area contributed by atoms with Crippen molar-refractivity contribution in [3.8, 4) is 0 Å². The molecular weight excluding hydrogens is 306 g/mol. The zero-order valence-electron chi connectivity index (χ0n) is 12.8. The van der Waals surface area contributed by atoms with Crippen LogP contribution in [0.5, 0.6) is 0 Å². The molecule has 0 aromatic carbocycles. The quantitative estimate of drug-likeness (QED) is 0.795. The molecule has 1 atom stereocenters. The summed E-state index contributed by atoms with van der Waals surface area (Å²) in [7, 11) is 1.64. The minimum atomic E-state index is -3.63. The van der Waals surface area contributed by atoms with E-state index in [1.165, 1.54) is 16.8 Å². The van der Waals surface area contributed by atoms with Gasteiger partial charge in [0, 0.05) is 45.6 Å². The van der Waals surface area contributed by atoms with E-state index in [4.69, 9.17) is 4.74 Å². The standard InChI is InChI=1S/C13H19N5O3S/c1-16-6-12(15-8-16)22(19,20)18-4-10(7-21-3)13-11(5-18)14-9-17(13)2/h6,8-10H,4-5,7H2,1-3H3/t10-/m1/s1. The van der Waals surface area contributed by atoms with E-state index in [-0.39, 0.29) is 17.5 Å². The summed E-state index contributed by atoms with van der Waals surface area (Å²) in [6, 6.07) is 0. The molecule has 3 rings (SSSR count). The van der Waals surface area contributed by atoms with E-state index in [1.807, 2.05) is 11.6 Å². The third-order valence-electron chi connectivity index (χ3n) is 3.85. The van der Waals surface area contributed by atoms with E-state index in [1.54, 1.807) is 25.1 Å². The SMILES string of the molecule is COC[C@H]1CN(S(=O)(=O)c2cn(C)cn2)Cc2ncn(C)c21. The molecule has 0 saturated carbocycles. The highest BCUT2D eigenvalue weighted by Gasteiger charge is 2.36. The lowest BCUT2D eigenvalue weighted by Gasteiger charge is -2.31. The molecule has 0 N–H and O–H groups in total. The number of imidazole rings is 2. The topological polar surface area (TPSA) is 82.2 Å². The number of aryl methyl sites for hydroxylation is 2. The molecule has 8 nitrogen and oxygen atoms in total. The smallest absolute Gasteiger partial charge is 0.262 e. The number of methoxy groups -OCH3 is 1. The van der Waals surface area contributed by atoms with Crippen LogP contribution in [0.15, 0.2) is 23.9 Å². The molecule has 0 bridgehead atoms. The molecule has 2 aromatic rings. The first-order chi connectivity index (χ1) is 10.4. The number of ether oxygens (including phenoxy) is 1. The molecular formula is C13H19N5O3S. The monoisotopic (exact) mass is 325 g/mol. The van der Waals surface area contributed by atoms with Crippen molar-refractivity contribution in [2.75, 3.05) is 20.3 Å². The van der Waals surface area contributed by atoms with Gasteiger partial charge in [0.15, 0.2) is 5.03 Å². The van der Waals surface area contributed by atoms with E-state index < -0.39 is 10.0 Å². The zero-order valence-corrected chi connectivity index (χ0v) is 13.6. The lowest BCUT2D eigenvalue weighted by molar-refractivity contribution is 0.159. The van der Waals surface area contributed by atoms with Crippen molar-refractivity contribution in [3.05, 3.63) is 30.2 Å². The van der Waals surface area contributed by atoms with Gasteiger partial charge in [0.1, 0.15) is 0 Å². The molecule has 0 fully saturated rings. The van der Waals surface area contributed by atoms with Crippen LogP contribution in [0, 0.1) is 0 Å². The van der Waals surface area contributed by atoms with Crippen molar-refractivity contribution in [1.82, 2.24) is 23.4 Å². The minimum absolute atomic E-state index is 0.0419. The molecule has 0 radical (unpaired) electrons. The van der Waals surface area contributed by atoms with Crippen LogP contribution in [0.2, 0.25) is 0 Å². The molecule has 0 aliphatic carbocycles. The van der Waals surface area contributed by atoms with Gasteiger partial charge in [-0.3, -0.25) is 0 Å². The van der Waals surface area contributed by atoms with Crippen molar-refractivity contribution in [2.24, 2.45) is 14.1 Å². The van der Waals surface area contributed by atoms with E-state index in [9.17, 15) is 8.42 Å². The predicted molar refractivity (Wildman–Crippen MR) is 78.6 cm³/mol. The maximum absolute atomic E-state index is 12.7. The first-order valence-corrected chi connectivity index (χ1v) is 8.34. The molecule has 1 aliphatic heterocycles. The Hall–Kier alpha value is -1.71. The number of nitrogens with zero attached hydrogens (tertiary/aromatic N) is 5. The maximum atomic E-state index is 12.7. The maximum Gasteiger partial charge on any atom is 0.262 e. The summed E-state index contributed by atoms with van der Waals surface area (Å²) in [6.07, 6.45) is 4.70. The third kappa shape index (κ3) is 2.44. The van der Waals surface area contributed by atoms with Crippen molar-refractivity contribution in [3.63, 3.8) is 0 Å². The van der Waals surface area contributed by atoms with Crippen molar-refractivity contribution in [1.29, 1.82) is 0 Å². The second-order valence-electron chi connectivity index (χ2n) is 5.51. The van der Waals surface area contributed by atoms with E-state index >= 15 is 0 Å². The highest BCUT2D eigenvalue weighted by atomic mass is 32.2. The van der Waals surface area contributed by atoms with Gasteiger partial charge in [0.2, 0.25) is 0 Å². The molecule has 3 heterocycles. The van der Waals surface area contributed by atoms with Crippen LogP contribution in [0.25, 0.3) is 0 Å². The van der Waals surface area contributed by atoms with Crippen LogP contribution in [-0.4, -0.2) is 52.1 Å². The Balaban J connectivity index is 1.97. The van der Waals surface area contributed by atoms with Crippen molar-refractivity contribution >= 4 is 10.0 Å². The number of rotatable bonds is 4. The fraction of sp³-hybridized carbons (Fsp3) is 0.538. The summed E-state index contributed by atoms with van der Waals surface area (Å²) in [5.41, 5.74) is 1.81. The van der Waals surface area contributed by atoms with Crippen molar-refractivity contribution in [2.45, 2.75) is 17.5 Å². The van der Waals surface area contributed by atoms with Crippen LogP contribution >= 0.6 is 0 Å². The van der Waals surface area contributed by atoms with Crippen LogP contribution in [0.3, 0.4) is 0 Å². The molecule has 120 valence electrons.